The molecule has 0 aliphatic heterocycles. The minimum absolute atomic E-state index is 0.274. The summed E-state index contributed by atoms with van der Waals surface area (Å²) in [4.78, 5) is 24.3. The van der Waals surface area contributed by atoms with Crippen LogP contribution in [0.3, 0.4) is 0 Å². The van der Waals surface area contributed by atoms with Crippen molar-refractivity contribution in [1.82, 2.24) is 5.43 Å². The molecule has 0 aliphatic carbocycles. The van der Waals surface area contributed by atoms with Gasteiger partial charge in [-0.05, 0) is 72.6 Å². The molecule has 0 unspecified atom stereocenters. The molecule has 0 bridgehead atoms. The van der Waals surface area contributed by atoms with Gasteiger partial charge in [0, 0.05) is 5.56 Å². The first-order chi connectivity index (χ1) is 14.1. The van der Waals surface area contributed by atoms with Gasteiger partial charge in [-0.25, -0.2) is 10.2 Å². The first-order valence-corrected chi connectivity index (χ1v) is 8.92. The van der Waals surface area contributed by atoms with Gasteiger partial charge in [-0.3, -0.25) is 4.79 Å². The molecule has 0 aromatic heterocycles. The van der Waals surface area contributed by atoms with Gasteiger partial charge in [0.25, 0.3) is 5.91 Å². The van der Waals surface area contributed by atoms with Crippen molar-refractivity contribution in [2.24, 2.45) is 5.10 Å². The van der Waals surface area contributed by atoms with Crippen molar-refractivity contribution >= 4 is 18.1 Å². The standard InChI is InChI=1S/C23H20N2O4/c1-16-5-3-4-6-21(16)22(26)25-24-15-17-7-11-20(12-8-17)29-23(27)18-9-13-19(28-2)14-10-18/h3-15H,1-2H3,(H,25,26). The van der Waals surface area contributed by atoms with Crippen LogP contribution in [0.1, 0.15) is 31.8 Å². The second kappa shape index (κ2) is 9.32. The summed E-state index contributed by atoms with van der Waals surface area (Å²) in [5.74, 6) is 0.343. The summed E-state index contributed by atoms with van der Waals surface area (Å²) in [5, 5.41) is 3.97. The van der Waals surface area contributed by atoms with E-state index < -0.39 is 5.97 Å². The lowest BCUT2D eigenvalue weighted by Crippen LogP contribution is -2.18. The zero-order valence-corrected chi connectivity index (χ0v) is 16.1. The van der Waals surface area contributed by atoms with Gasteiger partial charge in [-0.1, -0.05) is 18.2 Å². The number of carbonyl (C=O) groups is 2. The maximum absolute atomic E-state index is 12.2. The third-order valence-electron chi connectivity index (χ3n) is 4.19. The highest BCUT2D eigenvalue weighted by Crippen LogP contribution is 2.16. The number of nitrogens with one attached hydrogen (secondary N) is 1. The van der Waals surface area contributed by atoms with Crippen LogP contribution in [0.15, 0.2) is 77.9 Å². The smallest absolute Gasteiger partial charge is 0.343 e. The van der Waals surface area contributed by atoms with Gasteiger partial charge >= 0.3 is 5.97 Å². The molecule has 3 aromatic rings. The van der Waals surface area contributed by atoms with E-state index in [0.29, 0.717) is 22.6 Å². The molecule has 1 N–H and O–H groups in total. The highest BCUT2D eigenvalue weighted by Gasteiger charge is 2.09. The molecule has 0 radical (unpaired) electrons. The number of nitrogens with zero attached hydrogens (tertiary/aromatic N) is 1. The summed E-state index contributed by atoms with van der Waals surface area (Å²) in [7, 11) is 1.56. The molecule has 0 saturated heterocycles. The van der Waals surface area contributed by atoms with Crippen molar-refractivity contribution < 1.29 is 19.1 Å². The van der Waals surface area contributed by atoms with Crippen molar-refractivity contribution in [1.29, 1.82) is 0 Å². The Morgan fingerprint density at radius 1 is 0.897 bits per heavy atom. The number of ether oxygens (including phenoxy) is 2. The van der Waals surface area contributed by atoms with Gasteiger partial charge in [0.05, 0.1) is 18.9 Å². The average Bonchev–Trinajstić information content (AvgIpc) is 2.75. The van der Waals surface area contributed by atoms with Crippen LogP contribution in [0, 0.1) is 6.92 Å². The van der Waals surface area contributed by atoms with E-state index in [9.17, 15) is 9.59 Å². The summed E-state index contributed by atoms with van der Waals surface area (Å²) in [6.45, 7) is 1.87. The molecule has 1 amide bonds. The monoisotopic (exact) mass is 388 g/mol. The third-order valence-corrected chi connectivity index (χ3v) is 4.19. The first kappa shape index (κ1) is 19.8. The van der Waals surface area contributed by atoms with Crippen molar-refractivity contribution in [3.05, 3.63) is 95.1 Å². The van der Waals surface area contributed by atoms with E-state index in [-0.39, 0.29) is 5.91 Å². The molecule has 146 valence electrons. The minimum Gasteiger partial charge on any atom is -0.497 e. The van der Waals surface area contributed by atoms with E-state index in [0.717, 1.165) is 11.1 Å². The Morgan fingerprint density at radius 2 is 1.55 bits per heavy atom. The quantitative estimate of drug-likeness (QED) is 0.300. The average molecular weight is 388 g/mol. The SMILES string of the molecule is COc1ccc(C(=O)Oc2ccc(C=NNC(=O)c3ccccc3C)cc2)cc1. The van der Waals surface area contributed by atoms with Crippen LogP contribution >= 0.6 is 0 Å². The summed E-state index contributed by atoms with van der Waals surface area (Å²) in [6, 6.07) is 20.7. The van der Waals surface area contributed by atoms with E-state index in [1.807, 2.05) is 19.1 Å². The van der Waals surface area contributed by atoms with Crippen LogP contribution < -0.4 is 14.9 Å². The Hall–Kier alpha value is -3.93. The Balaban J connectivity index is 1.56. The van der Waals surface area contributed by atoms with Gasteiger partial charge in [0.15, 0.2) is 0 Å². The van der Waals surface area contributed by atoms with Gasteiger partial charge < -0.3 is 9.47 Å². The Bertz CT molecular complexity index is 1030. The number of hydrogen-bond acceptors (Lipinski definition) is 5. The summed E-state index contributed by atoms with van der Waals surface area (Å²) in [5.41, 5.74) is 5.13. The van der Waals surface area contributed by atoms with Gasteiger partial charge in [0.2, 0.25) is 0 Å². The fraction of sp³-hybridized carbons (Fsp3) is 0.0870. The van der Waals surface area contributed by atoms with Crippen LogP contribution in [-0.4, -0.2) is 25.2 Å². The lowest BCUT2D eigenvalue weighted by Gasteiger charge is -2.06. The normalized spacial score (nSPS) is 10.6. The van der Waals surface area contributed by atoms with E-state index in [1.54, 1.807) is 67.8 Å². The fourth-order valence-electron chi connectivity index (χ4n) is 2.57. The number of carbonyl (C=O) groups excluding carboxylic acids is 2. The maximum Gasteiger partial charge on any atom is 0.343 e. The lowest BCUT2D eigenvalue weighted by molar-refractivity contribution is 0.0734. The van der Waals surface area contributed by atoms with Crippen LogP contribution in [0.2, 0.25) is 0 Å². The molecule has 29 heavy (non-hydrogen) atoms. The number of methoxy groups -OCH3 is 1. The van der Waals surface area contributed by atoms with Crippen LogP contribution in [0.5, 0.6) is 11.5 Å². The highest BCUT2D eigenvalue weighted by molar-refractivity contribution is 5.96. The molecule has 6 heteroatoms. The van der Waals surface area contributed by atoms with E-state index in [2.05, 4.69) is 10.5 Å². The largest absolute Gasteiger partial charge is 0.497 e. The number of rotatable bonds is 6. The number of hydrazone groups is 1. The molecule has 0 aliphatic rings. The van der Waals surface area contributed by atoms with Crippen molar-refractivity contribution in [2.75, 3.05) is 7.11 Å². The predicted octanol–water partition coefficient (Wildman–Crippen LogP) is 3.99. The molecule has 3 aromatic carbocycles. The fourth-order valence-corrected chi connectivity index (χ4v) is 2.57. The molecule has 0 atom stereocenters. The molecular weight excluding hydrogens is 368 g/mol. The Labute approximate surface area is 168 Å². The third kappa shape index (κ3) is 5.29. The molecule has 0 fully saturated rings. The van der Waals surface area contributed by atoms with Crippen molar-refractivity contribution in [2.45, 2.75) is 6.92 Å². The zero-order chi connectivity index (χ0) is 20.6. The predicted molar refractivity (Wildman–Crippen MR) is 111 cm³/mol. The van der Waals surface area contributed by atoms with E-state index in [4.69, 9.17) is 9.47 Å². The number of amides is 1. The van der Waals surface area contributed by atoms with Crippen molar-refractivity contribution in [3.8, 4) is 11.5 Å². The van der Waals surface area contributed by atoms with Gasteiger partial charge in [-0.15, -0.1) is 0 Å². The Kier molecular flexibility index (Phi) is 6.37. The topological polar surface area (TPSA) is 77.0 Å². The zero-order valence-electron chi connectivity index (χ0n) is 16.1. The first-order valence-electron chi connectivity index (χ1n) is 8.92. The second-order valence-electron chi connectivity index (χ2n) is 6.20. The van der Waals surface area contributed by atoms with Crippen molar-refractivity contribution in [3.63, 3.8) is 0 Å². The minimum atomic E-state index is -0.459. The Morgan fingerprint density at radius 3 is 2.21 bits per heavy atom. The molecule has 0 heterocycles. The van der Waals surface area contributed by atoms with Gasteiger partial charge in [-0.2, -0.15) is 5.10 Å². The highest BCUT2D eigenvalue weighted by atomic mass is 16.5. The van der Waals surface area contributed by atoms with E-state index in [1.165, 1.54) is 6.21 Å². The molecular formula is C23H20N2O4. The molecule has 0 spiro atoms. The van der Waals surface area contributed by atoms with E-state index >= 15 is 0 Å². The second-order valence-corrected chi connectivity index (χ2v) is 6.20. The lowest BCUT2D eigenvalue weighted by atomic mass is 10.1. The maximum atomic E-state index is 12.2. The molecule has 0 saturated carbocycles. The molecule has 6 nitrogen and oxygen atoms in total. The number of esters is 1. The molecule has 3 rings (SSSR count). The number of hydrogen-bond donors (Lipinski definition) is 1. The summed E-state index contributed by atoms with van der Waals surface area (Å²) < 4.78 is 10.4. The van der Waals surface area contributed by atoms with Gasteiger partial charge in [0.1, 0.15) is 11.5 Å². The van der Waals surface area contributed by atoms with Crippen LogP contribution in [-0.2, 0) is 0 Å². The number of benzene rings is 3. The summed E-state index contributed by atoms with van der Waals surface area (Å²) in [6.07, 6.45) is 1.52. The van der Waals surface area contributed by atoms with Crippen LogP contribution in [0.4, 0.5) is 0 Å². The van der Waals surface area contributed by atoms with Crippen LogP contribution in [0.25, 0.3) is 0 Å². The number of aryl methyl sites for hydroxylation is 1. The summed E-state index contributed by atoms with van der Waals surface area (Å²) >= 11 is 0.